The summed E-state index contributed by atoms with van der Waals surface area (Å²) in [5.41, 5.74) is 0.0207. The molecular weight excluding hydrogens is 296 g/mol. The molecule has 0 amide bonds. The minimum absolute atomic E-state index is 0.0207. The number of aliphatic carboxylic acids is 2. The summed E-state index contributed by atoms with van der Waals surface area (Å²) < 4.78 is 5.38. The van der Waals surface area contributed by atoms with Crippen molar-refractivity contribution >= 4 is 17.6 Å². The summed E-state index contributed by atoms with van der Waals surface area (Å²) in [5.74, 6) is -3.31. The Balaban J connectivity index is 0.000000626. The number of nitro benzene ring substituents is 1. The predicted octanol–water partition coefficient (Wildman–Crippen LogP) is 1.08. The van der Waals surface area contributed by atoms with Gasteiger partial charge in [0.15, 0.2) is 5.75 Å². The summed E-state index contributed by atoms with van der Waals surface area (Å²) in [6.07, 6.45) is 0.846. The SMILES string of the molecule is CN(C)CCCOc1ccccc1[N+](=O)[O-].O=C(O)C(=O)O. The van der Waals surface area contributed by atoms with Crippen LogP contribution in [-0.2, 0) is 9.59 Å². The van der Waals surface area contributed by atoms with Gasteiger partial charge in [0, 0.05) is 12.6 Å². The van der Waals surface area contributed by atoms with Crippen molar-refractivity contribution in [3.05, 3.63) is 34.4 Å². The second kappa shape index (κ2) is 10.1. The maximum atomic E-state index is 10.7. The molecule has 9 nitrogen and oxygen atoms in total. The van der Waals surface area contributed by atoms with Crippen LogP contribution in [0.4, 0.5) is 5.69 Å². The lowest BCUT2D eigenvalue weighted by atomic mass is 10.3. The van der Waals surface area contributed by atoms with Crippen molar-refractivity contribution in [2.45, 2.75) is 6.42 Å². The van der Waals surface area contributed by atoms with E-state index in [1.54, 1.807) is 18.2 Å². The number of para-hydroxylation sites is 2. The van der Waals surface area contributed by atoms with Gasteiger partial charge in [-0.05, 0) is 26.6 Å². The Bertz CT molecular complexity index is 505. The topological polar surface area (TPSA) is 130 Å². The molecular formula is C13H18N2O7. The van der Waals surface area contributed by atoms with E-state index in [0.717, 1.165) is 13.0 Å². The molecule has 0 aliphatic rings. The summed E-state index contributed by atoms with van der Waals surface area (Å²) >= 11 is 0. The first-order valence-corrected chi connectivity index (χ1v) is 6.23. The van der Waals surface area contributed by atoms with Gasteiger partial charge < -0.3 is 19.8 Å². The van der Waals surface area contributed by atoms with Crippen molar-refractivity contribution in [3.8, 4) is 5.75 Å². The van der Waals surface area contributed by atoms with Crippen LogP contribution >= 0.6 is 0 Å². The molecule has 1 rings (SSSR count). The first-order chi connectivity index (χ1) is 10.3. The second-order valence-corrected chi connectivity index (χ2v) is 4.34. The quantitative estimate of drug-likeness (QED) is 0.345. The first kappa shape index (κ1) is 19.3. The maximum absolute atomic E-state index is 10.7. The second-order valence-electron chi connectivity index (χ2n) is 4.34. The zero-order valence-corrected chi connectivity index (χ0v) is 12.3. The van der Waals surface area contributed by atoms with Crippen molar-refractivity contribution in [1.29, 1.82) is 0 Å². The van der Waals surface area contributed by atoms with Gasteiger partial charge in [-0.15, -0.1) is 0 Å². The largest absolute Gasteiger partial charge is 0.487 e. The van der Waals surface area contributed by atoms with E-state index in [2.05, 4.69) is 0 Å². The van der Waals surface area contributed by atoms with Crippen LogP contribution in [0.3, 0.4) is 0 Å². The van der Waals surface area contributed by atoms with Crippen LogP contribution < -0.4 is 4.74 Å². The molecule has 0 heterocycles. The van der Waals surface area contributed by atoms with E-state index in [1.165, 1.54) is 6.07 Å². The van der Waals surface area contributed by atoms with Gasteiger partial charge in [0.1, 0.15) is 0 Å². The van der Waals surface area contributed by atoms with Crippen LogP contribution in [0.15, 0.2) is 24.3 Å². The molecule has 0 saturated heterocycles. The number of benzene rings is 1. The maximum Gasteiger partial charge on any atom is 0.414 e. The lowest BCUT2D eigenvalue weighted by molar-refractivity contribution is -0.385. The number of rotatable bonds is 6. The molecule has 0 unspecified atom stereocenters. The normalized spacial score (nSPS) is 9.59. The molecule has 0 atom stereocenters. The molecule has 22 heavy (non-hydrogen) atoms. The molecule has 2 N–H and O–H groups in total. The molecule has 0 spiro atoms. The number of carboxylic acids is 2. The molecule has 0 saturated carbocycles. The highest BCUT2D eigenvalue weighted by atomic mass is 16.6. The molecule has 0 bridgehead atoms. The summed E-state index contributed by atoms with van der Waals surface area (Å²) in [4.78, 5) is 30.5. The highest BCUT2D eigenvalue weighted by molar-refractivity contribution is 6.27. The van der Waals surface area contributed by atoms with Gasteiger partial charge in [-0.25, -0.2) is 9.59 Å². The number of nitro groups is 1. The molecule has 0 aromatic heterocycles. The lowest BCUT2D eigenvalue weighted by Gasteiger charge is -2.10. The van der Waals surface area contributed by atoms with Crippen LogP contribution in [0.2, 0.25) is 0 Å². The number of ether oxygens (including phenoxy) is 1. The fourth-order valence-corrected chi connectivity index (χ4v) is 1.29. The van der Waals surface area contributed by atoms with Crippen molar-refractivity contribution in [1.82, 2.24) is 4.90 Å². The Kier molecular flexibility index (Phi) is 8.87. The highest BCUT2D eigenvalue weighted by Gasteiger charge is 2.12. The average molecular weight is 314 g/mol. The molecule has 0 fully saturated rings. The van der Waals surface area contributed by atoms with E-state index in [1.807, 2.05) is 19.0 Å². The van der Waals surface area contributed by atoms with Crippen LogP contribution in [0.25, 0.3) is 0 Å². The zero-order valence-electron chi connectivity index (χ0n) is 12.3. The Hall–Kier alpha value is -2.68. The summed E-state index contributed by atoms with van der Waals surface area (Å²) in [6.45, 7) is 1.39. The number of hydrogen-bond acceptors (Lipinski definition) is 6. The summed E-state index contributed by atoms with van der Waals surface area (Å²) in [5, 5.41) is 25.5. The third-order valence-corrected chi connectivity index (χ3v) is 2.25. The van der Waals surface area contributed by atoms with Crippen molar-refractivity contribution in [2.75, 3.05) is 27.2 Å². The van der Waals surface area contributed by atoms with Crippen LogP contribution in [0.5, 0.6) is 5.75 Å². The molecule has 0 aliphatic heterocycles. The smallest absolute Gasteiger partial charge is 0.414 e. The molecule has 0 radical (unpaired) electrons. The summed E-state index contributed by atoms with van der Waals surface area (Å²) in [7, 11) is 3.95. The van der Waals surface area contributed by atoms with E-state index >= 15 is 0 Å². The van der Waals surface area contributed by atoms with E-state index in [0.29, 0.717) is 12.4 Å². The number of carboxylic acid groups (broad SMARTS) is 2. The van der Waals surface area contributed by atoms with Gasteiger partial charge in [0.25, 0.3) is 0 Å². The van der Waals surface area contributed by atoms with E-state index in [-0.39, 0.29) is 5.69 Å². The first-order valence-electron chi connectivity index (χ1n) is 6.23. The Morgan fingerprint density at radius 2 is 1.77 bits per heavy atom. The average Bonchev–Trinajstić information content (AvgIpc) is 2.44. The monoisotopic (exact) mass is 314 g/mol. The van der Waals surface area contributed by atoms with Gasteiger partial charge in [0.05, 0.1) is 11.5 Å². The molecule has 1 aromatic rings. The fourth-order valence-electron chi connectivity index (χ4n) is 1.29. The van der Waals surface area contributed by atoms with Gasteiger partial charge >= 0.3 is 17.6 Å². The predicted molar refractivity (Wildman–Crippen MR) is 77.0 cm³/mol. The van der Waals surface area contributed by atoms with Crippen molar-refractivity contribution in [2.24, 2.45) is 0 Å². The van der Waals surface area contributed by atoms with Gasteiger partial charge in [-0.2, -0.15) is 0 Å². The van der Waals surface area contributed by atoms with Gasteiger partial charge in [0.2, 0.25) is 0 Å². The fraction of sp³-hybridized carbons (Fsp3) is 0.385. The van der Waals surface area contributed by atoms with Crippen LogP contribution in [-0.4, -0.2) is 59.2 Å². The number of hydrogen-bond donors (Lipinski definition) is 2. The molecule has 122 valence electrons. The number of carbonyl (C=O) groups is 2. The third kappa shape index (κ3) is 8.48. The Morgan fingerprint density at radius 1 is 1.23 bits per heavy atom. The van der Waals surface area contributed by atoms with E-state index < -0.39 is 16.9 Å². The van der Waals surface area contributed by atoms with Crippen molar-refractivity contribution < 1.29 is 29.5 Å². The standard InChI is InChI=1S/C11H16N2O3.C2H2O4/c1-12(2)8-5-9-16-11-7-4-3-6-10(11)13(14)15;3-1(4)2(5)6/h3-4,6-7H,5,8-9H2,1-2H3;(H,3,4)(H,5,6). The van der Waals surface area contributed by atoms with E-state index in [9.17, 15) is 10.1 Å². The zero-order chi connectivity index (χ0) is 17.1. The minimum atomic E-state index is -1.82. The highest BCUT2D eigenvalue weighted by Crippen LogP contribution is 2.25. The third-order valence-electron chi connectivity index (χ3n) is 2.25. The Morgan fingerprint density at radius 3 is 2.23 bits per heavy atom. The molecule has 1 aromatic carbocycles. The number of nitrogens with zero attached hydrogens (tertiary/aromatic N) is 2. The molecule has 0 aliphatic carbocycles. The Labute approximate surface area is 126 Å². The van der Waals surface area contributed by atoms with Gasteiger partial charge in [-0.1, -0.05) is 12.1 Å². The van der Waals surface area contributed by atoms with Crippen LogP contribution in [0.1, 0.15) is 6.42 Å². The lowest BCUT2D eigenvalue weighted by Crippen LogP contribution is -2.15. The van der Waals surface area contributed by atoms with E-state index in [4.69, 9.17) is 24.5 Å². The van der Waals surface area contributed by atoms with Gasteiger partial charge in [-0.3, -0.25) is 10.1 Å². The summed E-state index contributed by atoms with van der Waals surface area (Å²) in [6, 6.07) is 6.42. The van der Waals surface area contributed by atoms with Crippen LogP contribution in [0, 0.1) is 10.1 Å². The van der Waals surface area contributed by atoms with Crippen molar-refractivity contribution in [3.63, 3.8) is 0 Å². The molecule has 9 heteroatoms. The minimum Gasteiger partial charge on any atom is -0.487 e.